The Morgan fingerprint density at radius 1 is 1.09 bits per heavy atom. The van der Waals surface area contributed by atoms with Crippen LogP contribution in [-0.4, -0.2) is 31.1 Å². The molecule has 8 nitrogen and oxygen atoms in total. The second-order valence-electron chi connectivity index (χ2n) is 7.34. The molecule has 0 saturated carbocycles. The Morgan fingerprint density at radius 2 is 1.79 bits per heavy atom. The number of nitrogens with two attached hydrogens (primary N) is 1. The minimum Gasteiger partial charge on any atom is -0.466 e. The van der Waals surface area contributed by atoms with Gasteiger partial charge in [-0.05, 0) is 17.7 Å². The number of para-hydroxylation sites is 1. The summed E-state index contributed by atoms with van der Waals surface area (Å²) in [5, 5.41) is 11.2. The van der Waals surface area contributed by atoms with Crippen LogP contribution in [0.3, 0.4) is 0 Å². The zero-order chi connectivity index (χ0) is 24.4. The summed E-state index contributed by atoms with van der Waals surface area (Å²) in [5.74, 6) is -2.60. The average Bonchev–Trinajstić information content (AvgIpc) is 2.87. The predicted octanol–water partition coefficient (Wildman–Crippen LogP) is 3.79. The minimum absolute atomic E-state index is 0.0337. The first-order valence-electron chi connectivity index (χ1n) is 10.1. The summed E-state index contributed by atoms with van der Waals surface area (Å²) in [4.78, 5) is 32.0. The Morgan fingerprint density at radius 3 is 2.44 bits per heavy atom. The number of carbonyl (C=O) groups excluding carboxylic acids is 2. The number of rotatable bonds is 4. The quantitative estimate of drug-likeness (QED) is 0.567. The molecule has 1 aromatic heterocycles. The van der Waals surface area contributed by atoms with Gasteiger partial charge in [0.25, 0.3) is 0 Å². The van der Waals surface area contributed by atoms with Gasteiger partial charge in [-0.3, -0.25) is 9.88 Å². The van der Waals surface area contributed by atoms with Crippen LogP contribution in [0, 0.1) is 11.3 Å². The van der Waals surface area contributed by atoms with Crippen molar-refractivity contribution >= 4 is 40.1 Å². The first kappa shape index (κ1) is 22.8. The third-order valence-corrected chi connectivity index (χ3v) is 5.71. The van der Waals surface area contributed by atoms with Crippen LogP contribution in [0.1, 0.15) is 11.5 Å². The van der Waals surface area contributed by atoms with Crippen molar-refractivity contribution in [3.05, 3.63) is 94.0 Å². The lowest BCUT2D eigenvalue weighted by atomic mass is 9.81. The molecular formula is C25H19ClN4O4. The van der Waals surface area contributed by atoms with Crippen molar-refractivity contribution in [1.29, 1.82) is 5.26 Å². The fourth-order valence-corrected chi connectivity index (χ4v) is 4.23. The summed E-state index contributed by atoms with van der Waals surface area (Å²) in [7, 11) is 2.40. The molecular weight excluding hydrogens is 456 g/mol. The summed E-state index contributed by atoms with van der Waals surface area (Å²) in [5.41, 5.74) is 7.79. The van der Waals surface area contributed by atoms with Gasteiger partial charge in [-0.2, -0.15) is 5.26 Å². The number of carbonyl (C=O) groups is 2. The molecule has 2 aromatic carbocycles. The van der Waals surface area contributed by atoms with Gasteiger partial charge in [0.05, 0.1) is 53.6 Å². The molecule has 0 fully saturated rings. The van der Waals surface area contributed by atoms with Crippen LogP contribution in [0.4, 0.5) is 5.69 Å². The van der Waals surface area contributed by atoms with Crippen molar-refractivity contribution in [3.63, 3.8) is 0 Å². The highest BCUT2D eigenvalue weighted by molar-refractivity contribution is 6.31. The van der Waals surface area contributed by atoms with Gasteiger partial charge in [-0.25, -0.2) is 9.59 Å². The molecule has 0 radical (unpaired) electrons. The molecule has 2 heterocycles. The van der Waals surface area contributed by atoms with Gasteiger partial charge < -0.3 is 15.2 Å². The Balaban J connectivity index is 2.12. The average molecular weight is 475 g/mol. The van der Waals surface area contributed by atoms with Gasteiger partial charge in [0.1, 0.15) is 11.5 Å². The van der Waals surface area contributed by atoms with E-state index in [1.165, 1.54) is 25.3 Å². The third-order valence-electron chi connectivity index (χ3n) is 5.51. The van der Waals surface area contributed by atoms with E-state index >= 15 is 0 Å². The van der Waals surface area contributed by atoms with Crippen molar-refractivity contribution in [2.75, 3.05) is 19.1 Å². The third kappa shape index (κ3) is 3.72. The van der Waals surface area contributed by atoms with Crippen LogP contribution in [0.25, 0.3) is 10.9 Å². The number of pyridine rings is 1. The molecule has 34 heavy (non-hydrogen) atoms. The van der Waals surface area contributed by atoms with E-state index in [2.05, 4.69) is 11.1 Å². The molecule has 9 heteroatoms. The SMILES string of the molecule is COC(=O)C1=C(C(=O)OC)N(c2cccc3cc(Cl)cnc23)C(N)=C(C#N)C1c1ccccc1. The van der Waals surface area contributed by atoms with Gasteiger partial charge in [-0.1, -0.05) is 54.1 Å². The number of benzene rings is 2. The molecule has 0 aliphatic carbocycles. The molecule has 170 valence electrons. The van der Waals surface area contributed by atoms with E-state index in [9.17, 15) is 14.9 Å². The van der Waals surface area contributed by atoms with Crippen LogP contribution in [0.15, 0.2) is 83.5 Å². The van der Waals surface area contributed by atoms with Gasteiger partial charge in [0.15, 0.2) is 0 Å². The highest BCUT2D eigenvalue weighted by Gasteiger charge is 2.43. The fourth-order valence-electron chi connectivity index (χ4n) is 4.06. The topological polar surface area (TPSA) is 119 Å². The number of aromatic nitrogens is 1. The summed E-state index contributed by atoms with van der Waals surface area (Å²) in [6, 6.07) is 17.8. The van der Waals surface area contributed by atoms with Crippen molar-refractivity contribution in [3.8, 4) is 6.07 Å². The number of ether oxygens (including phenoxy) is 2. The molecule has 0 bridgehead atoms. The molecule has 3 aromatic rings. The maximum absolute atomic E-state index is 13.2. The standard InChI is InChI=1S/C25H19ClN4O4/c1-33-24(31)20-19(14-7-4-3-5-8-14)17(12-27)23(28)30(22(20)25(32)34-2)18-10-6-9-15-11-16(26)13-29-21(15)18/h3-11,13,19H,28H2,1-2H3. The van der Waals surface area contributed by atoms with E-state index in [1.54, 1.807) is 54.6 Å². The first-order valence-corrected chi connectivity index (χ1v) is 10.5. The second-order valence-corrected chi connectivity index (χ2v) is 7.77. The molecule has 1 aliphatic rings. The van der Waals surface area contributed by atoms with E-state index < -0.39 is 17.9 Å². The van der Waals surface area contributed by atoms with Crippen molar-refractivity contribution in [2.45, 2.75) is 5.92 Å². The number of hydrogen-bond acceptors (Lipinski definition) is 8. The lowest BCUT2D eigenvalue weighted by molar-refractivity contribution is -0.139. The number of allylic oxidation sites excluding steroid dienone is 1. The smallest absolute Gasteiger partial charge is 0.355 e. The number of nitrogens with zero attached hydrogens (tertiary/aromatic N) is 3. The summed E-state index contributed by atoms with van der Waals surface area (Å²) >= 11 is 6.11. The number of nitriles is 1. The maximum atomic E-state index is 13.2. The lowest BCUT2D eigenvalue weighted by Gasteiger charge is -2.36. The van der Waals surface area contributed by atoms with Crippen LogP contribution in [0.2, 0.25) is 5.02 Å². The van der Waals surface area contributed by atoms with Crippen LogP contribution >= 0.6 is 11.6 Å². The highest BCUT2D eigenvalue weighted by atomic mass is 35.5. The lowest BCUT2D eigenvalue weighted by Crippen LogP contribution is -2.40. The number of fused-ring (bicyclic) bond motifs is 1. The van der Waals surface area contributed by atoms with Crippen LogP contribution in [-0.2, 0) is 19.1 Å². The summed E-state index contributed by atoms with van der Waals surface area (Å²) < 4.78 is 10.1. The molecule has 4 rings (SSSR count). The number of methoxy groups -OCH3 is 2. The zero-order valence-corrected chi connectivity index (χ0v) is 19.0. The van der Waals surface area contributed by atoms with E-state index in [0.29, 0.717) is 27.2 Å². The molecule has 1 atom stereocenters. The maximum Gasteiger partial charge on any atom is 0.355 e. The first-order chi connectivity index (χ1) is 16.4. The van der Waals surface area contributed by atoms with Gasteiger partial charge in [0, 0.05) is 11.6 Å². The van der Waals surface area contributed by atoms with Crippen molar-refractivity contribution < 1.29 is 19.1 Å². The van der Waals surface area contributed by atoms with E-state index in [4.69, 9.17) is 26.8 Å². The molecule has 2 N–H and O–H groups in total. The zero-order valence-electron chi connectivity index (χ0n) is 18.3. The van der Waals surface area contributed by atoms with Crippen LogP contribution < -0.4 is 10.6 Å². The Labute approximate surface area is 200 Å². The van der Waals surface area contributed by atoms with E-state index in [0.717, 1.165) is 0 Å². The van der Waals surface area contributed by atoms with E-state index in [1.807, 2.05) is 0 Å². The Bertz CT molecular complexity index is 1410. The highest BCUT2D eigenvalue weighted by Crippen LogP contribution is 2.44. The van der Waals surface area contributed by atoms with E-state index in [-0.39, 0.29) is 22.7 Å². The van der Waals surface area contributed by atoms with Crippen molar-refractivity contribution in [1.82, 2.24) is 4.98 Å². The summed E-state index contributed by atoms with van der Waals surface area (Å²) in [6.45, 7) is 0. The molecule has 0 spiro atoms. The van der Waals surface area contributed by atoms with Crippen LogP contribution in [0.5, 0.6) is 0 Å². The molecule has 0 saturated heterocycles. The van der Waals surface area contributed by atoms with Gasteiger partial charge in [-0.15, -0.1) is 0 Å². The molecule has 0 amide bonds. The number of esters is 2. The predicted molar refractivity (Wildman–Crippen MR) is 126 cm³/mol. The molecule has 1 aliphatic heterocycles. The Hall–Kier alpha value is -4.35. The normalized spacial score (nSPS) is 15.8. The minimum atomic E-state index is -0.943. The van der Waals surface area contributed by atoms with Gasteiger partial charge in [0.2, 0.25) is 0 Å². The largest absolute Gasteiger partial charge is 0.466 e. The molecule has 1 unspecified atom stereocenters. The summed E-state index contributed by atoms with van der Waals surface area (Å²) in [6.07, 6.45) is 1.46. The number of hydrogen-bond donors (Lipinski definition) is 1. The fraction of sp³-hybridized carbons (Fsp3) is 0.120. The number of halogens is 1. The Kier molecular flexibility index (Phi) is 6.21. The van der Waals surface area contributed by atoms with Crippen molar-refractivity contribution in [2.24, 2.45) is 5.73 Å². The number of anilines is 1. The monoisotopic (exact) mass is 474 g/mol. The van der Waals surface area contributed by atoms with Gasteiger partial charge >= 0.3 is 11.9 Å². The second kappa shape index (κ2) is 9.25.